The van der Waals surface area contributed by atoms with E-state index in [-0.39, 0.29) is 13.3 Å². The van der Waals surface area contributed by atoms with Crippen LogP contribution in [0.15, 0.2) is 0 Å². The van der Waals surface area contributed by atoms with E-state index in [4.69, 9.17) is 9.05 Å². The fraction of sp³-hybridized carbons (Fsp3) is 1.00. The largest absolute Gasteiger partial charge is 0.476 e. The lowest BCUT2D eigenvalue weighted by Crippen LogP contribution is -2.36. The number of quaternary nitrogens is 1. The molecule has 0 aromatic rings. The third-order valence-corrected chi connectivity index (χ3v) is 4.99. The fourth-order valence-electron chi connectivity index (χ4n) is 1.22. The highest BCUT2D eigenvalue weighted by Crippen LogP contribution is 2.43. The topological polar surface area (TPSA) is 55.8 Å². The first-order chi connectivity index (χ1) is 7.91. The minimum absolute atomic E-state index is 0.155. The number of phosphoric ester groups is 1. The number of hydrogen-bond donors (Lipinski definition) is 1. The Morgan fingerprint density at radius 2 is 1.67 bits per heavy atom. The first kappa shape index (κ1) is 18.3. The number of hydrogen-bond acceptors (Lipinski definition) is 3. The van der Waals surface area contributed by atoms with Crippen molar-refractivity contribution in [1.82, 2.24) is 0 Å². The van der Waals surface area contributed by atoms with Crippen LogP contribution in [0.3, 0.4) is 0 Å². The zero-order valence-corrected chi connectivity index (χ0v) is 14.5. The third-order valence-electron chi connectivity index (χ3n) is 2.18. The van der Waals surface area contributed by atoms with E-state index in [0.29, 0.717) is 4.48 Å². The van der Waals surface area contributed by atoms with Crippen molar-refractivity contribution in [3.63, 3.8) is 0 Å². The van der Waals surface area contributed by atoms with Crippen LogP contribution in [-0.2, 0) is 13.6 Å². The van der Waals surface area contributed by atoms with Crippen molar-refractivity contribution in [2.75, 3.05) is 34.5 Å². The van der Waals surface area contributed by atoms with Gasteiger partial charge in [0.15, 0.2) is 6.73 Å². The zero-order valence-electron chi connectivity index (χ0n) is 12.6. The van der Waals surface area contributed by atoms with E-state index in [9.17, 15) is 9.46 Å². The number of rotatable bonds is 9. The van der Waals surface area contributed by atoms with Gasteiger partial charge in [-0.3, -0.25) is 4.52 Å². The molecule has 18 heavy (non-hydrogen) atoms. The summed E-state index contributed by atoms with van der Waals surface area (Å²) in [5, 5.41) is 0. The zero-order chi connectivity index (χ0) is 14.4. The summed E-state index contributed by atoms with van der Waals surface area (Å²) in [6, 6.07) is 1.21. The number of unbranched alkanes of at least 4 members (excludes halogenated alkanes) is 1. The van der Waals surface area contributed by atoms with Crippen molar-refractivity contribution >= 4 is 15.9 Å². The Kier molecular flexibility index (Phi) is 7.29. The standard InChI is InChI=1S/C11H28NO4PSi/c1-12(2,3)11-16-17(13,14)15-9-7-8-10-18(4,5)6/h7-11H2,1-6H3/p+1. The third kappa shape index (κ3) is 12.7. The Hall–Kier alpha value is 0.287. The molecule has 110 valence electrons. The minimum atomic E-state index is -3.87. The molecule has 1 atom stereocenters. The van der Waals surface area contributed by atoms with Gasteiger partial charge in [0.2, 0.25) is 0 Å². The second-order valence-electron chi connectivity index (χ2n) is 6.87. The van der Waals surface area contributed by atoms with Gasteiger partial charge in [-0.05, 0) is 6.42 Å². The van der Waals surface area contributed by atoms with Crippen molar-refractivity contribution in [2.45, 2.75) is 38.5 Å². The van der Waals surface area contributed by atoms with Gasteiger partial charge in [0.05, 0.1) is 27.7 Å². The summed E-state index contributed by atoms with van der Waals surface area (Å²) in [6.07, 6.45) is 1.85. The highest BCUT2D eigenvalue weighted by Gasteiger charge is 2.24. The molecule has 1 unspecified atom stereocenters. The molecule has 5 nitrogen and oxygen atoms in total. The molecule has 7 heteroatoms. The Morgan fingerprint density at radius 1 is 1.11 bits per heavy atom. The molecule has 0 saturated heterocycles. The monoisotopic (exact) mass is 298 g/mol. The number of nitrogens with zero attached hydrogens (tertiary/aromatic N) is 1. The van der Waals surface area contributed by atoms with Crippen LogP contribution < -0.4 is 0 Å². The van der Waals surface area contributed by atoms with Crippen LogP contribution in [0.4, 0.5) is 0 Å². The van der Waals surface area contributed by atoms with E-state index < -0.39 is 15.9 Å². The lowest BCUT2D eigenvalue weighted by atomic mass is 10.4. The van der Waals surface area contributed by atoms with Gasteiger partial charge in [0.1, 0.15) is 0 Å². The Morgan fingerprint density at radius 3 is 2.11 bits per heavy atom. The molecule has 0 aromatic carbocycles. The minimum Gasteiger partial charge on any atom is -0.308 e. The molecule has 0 spiro atoms. The Labute approximate surface area is 112 Å². The second-order valence-corrected chi connectivity index (χ2v) is 13.9. The van der Waals surface area contributed by atoms with Gasteiger partial charge < -0.3 is 9.38 Å². The summed E-state index contributed by atoms with van der Waals surface area (Å²) >= 11 is 0. The quantitative estimate of drug-likeness (QED) is 0.234. The molecule has 0 aliphatic heterocycles. The summed E-state index contributed by atoms with van der Waals surface area (Å²) in [7, 11) is 0.761. The molecule has 1 N–H and O–H groups in total. The van der Waals surface area contributed by atoms with Crippen LogP contribution in [0, 0.1) is 0 Å². The smallest absolute Gasteiger partial charge is 0.308 e. The molecule has 0 aliphatic carbocycles. The predicted octanol–water partition coefficient (Wildman–Crippen LogP) is 2.90. The van der Waals surface area contributed by atoms with Gasteiger partial charge >= 0.3 is 7.82 Å². The summed E-state index contributed by atoms with van der Waals surface area (Å²) < 4.78 is 21.8. The van der Waals surface area contributed by atoms with Crippen LogP contribution in [0.25, 0.3) is 0 Å². The highest BCUT2D eigenvalue weighted by molar-refractivity contribution is 7.47. The molecule has 0 aliphatic rings. The van der Waals surface area contributed by atoms with Crippen LogP contribution >= 0.6 is 7.82 Å². The average Bonchev–Trinajstić information content (AvgIpc) is 2.11. The normalized spacial score (nSPS) is 16.6. The van der Waals surface area contributed by atoms with Gasteiger partial charge in [-0.15, -0.1) is 0 Å². The maximum Gasteiger partial charge on any atom is 0.476 e. The van der Waals surface area contributed by atoms with Crippen molar-refractivity contribution in [3.05, 3.63) is 0 Å². The van der Waals surface area contributed by atoms with Gasteiger partial charge in [0, 0.05) is 8.07 Å². The van der Waals surface area contributed by atoms with E-state index in [1.165, 1.54) is 6.04 Å². The molecule has 0 bridgehead atoms. The fourth-order valence-corrected chi connectivity index (χ4v) is 3.46. The number of phosphoric acid groups is 1. The summed E-state index contributed by atoms with van der Waals surface area (Å²) in [6.45, 7) is 7.39. The van der Waals surface area contributed by atoms with Crippen molar-refractivity contribution in [1.29, 1.82) is 0 Å². The highest BCUT2D eigenvalue weighted by atomic mass is 31.2. The molecule has 0 radical (unpaired) electrons. The maximum absolute atomic E-state index is 11.5. The van der Waals surface area contributed by atoms with E-state index in [1.54, 1.807) is 0 Å². The van der Waals surface area contributed by atoms with Gasteiger partial charge in [-0.1, -0.05) is 32.1 Å². The van der Waals surface area contributed by atoms with Crippen LogP contribution in [0.1, 0.15) is 12.8 Å². The lowest BCUT2D eigenvalue weighted by Gasteiger charge is -2.24. The second kappa shape index (κ2) is 7.17. The van der Waals surface area contributed by atoms with Crippen LogP contribution in [0.5, 0.6) is 0 Å². The SMILES string of the molecule is C[N+](C)(C)COP(=O)(O)OCCCC[Si](C)(C)C. The van der Waals surface area contributed by atoms with Gasteiger partial charge in [-0.25, -0.2) is 9.09 Å². The molecule has 0 fully saturated rings. The molecule has 0 heterocycles. The molecule has 0 aromatic heterocycles. The van der Waals surface area contributed by atoms with Crippen molar-refractivity contribution < 1.29 is 23.0 Å². The summed E-state index contributed by atoms with van der Waals surface area (Å²) in [4.78, 5) is 9.45. The predicted molar refractivity (Wildman–Crippen MR) is 77.1 cm³/mol. The van der Waals surface area contributed by atoms with Crippen LogP contribution in [0.2, 0.25) is 25.7 Å². The first-order valence-electron chi connectivity index (χ1n) is 6.34. The van der Waals surface area contributed by atoms with Crippen molar-refractivity contribution in [3.8, 4) is 0 Å². The van der Waals surface area contributed by atoms with E-state index in [0.717, 1.165) is 12.8 Å². The Balaban J connectivity index is 3.75. The van der Waals surface area contributed by atoms with E-state index in [1.807, 2.05) is 21.1 Å². The molecule has 0 rings (SSSR count). The lowest BCUT2D eigenvalue weighted by molar-refractivity contribution is -0.887. The molecule has 0 saturated carbocycles. The molecular formula is C11H29NO4PSi+. The van der Waals surface area contributed by atoms with Gasteiger partial charge in [-0.2, -0.15) is 0 Å². The first-order valence-corrected chi connectivity index (χ1v) is 11.5. The van der Waals surface area contributed by atoms with E-state index in [2.05, 4.69) is 19.6 Å². The Bertz CT molecular complexity index is 286. The molecular weight excluding hydrogens is 269 g/mol. The van der Waals surface area contributed by atoms with Gasteiger partial charge in [0.25, 0.3) is 0 Å². The van der Waals surface area contributed by atoms with E-state index >= 15 is 0 Å². The maximum atomic E-state index is 11.5. The van der Waals surface area contributed by atoms with Crippen molar-refractivity contribution in [2.24, 2.45) is 0 Å². The summed E-state index contributed by atoms with van der Waals surface area (Å²) in [5.74, 6) is 0. The summed E-state index contributed by atoms with van der Waals surface area (Å²) in [5.41, 5.74) is 0. The average molecular weight is 298 g/mol. The molecule has 0 amide bonds. The van der Waals surface area contributed by atoms with Crippen LogP contribution in [-0.4, -0.2) is 51.9 Å².